The van der Waals surface area contributed by atoms with E-state index in [1.165, 1.54) is 5.56 Å². The average molecular weight is 271 g/mol. The van der Waals surface area contributed by atoms with E-state index in [1.807, 2.05) is 18.2 Å². The van der Waals surface area contributed by atoms with Gasteiger partial charge in [0.25, 0.3) is 0 Å². The van der Waals surface area contributed by atoms with E-state index in [2.05, 4.69) is 38.2 Å². The monoisotopic (exact) mass is 270 g/mol. The maximum atomic E-state index is 11.4. The molecule has 4 heteroatoms. The lowest BCUT2D eigenvalue weighted by Gasteiger charge is -2.35. The lowest BCUT2D eigenvalue weighted by atomic mass is 9.76. The highest BCUT2D eigenvalue weighted by Crippen LogP contribution is 2.28. The molecule has 0 radical (unpaired) electrons. The van der Waals surface area contributed by atoms with Crippen LogP contribution in [0.1, 0.15) is 32.8 Å². The Morgan fingerprint density at radius 2 is 1.89 bits per heavy atom. The molecule has 1 aromatic carbocycles. The third-order valence-corrected chi connectivity index (χ3v) is 3.32. The number of rotatable bonds is 5. The number of hydrogen-bond acceptors (Lipinski definition) is 2. The molecule has 0 saturated carbocycles. The van der Waals surface area contributed by atoms with E-state index >= 15 is 0 Å². The quantitative estimate of drug-likeness (QED) is 0.862. The Balaban J connectivity index is 0.00000289. The number of nitrogens with one attached hydrogen (secondary N) is 1. The van der Waals surface area contributed by atoms with Crippen LogP contribution in [0.2, 0.25) is 0 Å². The summed E-state index contributed by atoms with van der Waals surface area (Å²) in [5, 5.41) is 2.99. The molecule has 0 heterocycles. The molecule has 0 fully saturated rings. The minimum Gasteiger partial charge on any atom is -0.351 e. The van der Waals surface area contributed by atoms with Gasteiger partial charge < -0.3 is 11.1 Å². The molecule has 1 atom stereocenters. The standard InChI is InChI=1S/C14H22N2O.ClH/c1-4-12(16-13(17)10-15)14(2,3)11-8-6-5-7-9-11;/h5-9,12H,4,10,15H2,1-3H3,(H,16,17);1H. The number of hydrogen-bond donors (Lipinski definition) is 2. The van der Waals surface area contributed by atoms with Crippen molar-refractivity contribution in [2.24, 2.45) is 5.73 Å². The van der Waals surface area contributed by atoms with Crippen molar-refractivity contribution >= 4 is 18.3 Å². The summed E-state index contributed by atoms with van der Waals surface area (Å²) in [7, 11) is 0. The Morgan fingerprint density at radius 3 is 2.33 bits per heavy atom. The molecule has 0 bridgehead atoms. The zero-order valence-electron chi connectivity index (χ0n) is 11.3. The number of amides is 1. The van der Waals surface area contributed by atoms with Crippen LogP contribution in [0.25, 0.3) is 0 Å². The van der Waals surface area contributed by atoms with Crippen LogP contribution >= 0.6 is 12.4 Å². The number of halogens is 1. The molecule has 1 amide bonds. The molecular formula is C14H23ClN2O. The van der Waals surface area contributed by atoms with Crippen molar-refractivity contribution in [2.75, 3.05) is 6.54 Å². The predicted molar refractivity (Wildman–Crippen MR) is 78.0 cm³/mol. The van der Waals surface area contributed by atoms with E-state index in [4.69, 9.17) is 5.73 Å². The van der Waals surface area contributed by atoms with Gasteiger partial charge in [-0.1, -0.05) is 51.1 Å². The summed E-state index contributed by atoms with van der Waals surface area (Å²) in [5.41, 5.74) is 6.47. The Kier molecular flexibility index (Phi) is 6.96. The van der Waals surface area contributed by atoms with Crippen molar-refractivity contribution in [3.05, 3.63) is 35.9 Å². The summed E-state index contributed by atoms with van der Waals surface area (Å²) < 4.78 is 0. The van der Waals surface area contributed by atoms with Gasteiger partial charge >= 0.3 is 0 Å². The predicted octanol–water partition coefficient (Wildman–Crippen LogP) is 2.24. The second-order valence-electron chi connectivity index (χ2n) is 4.82. The maximum Gasteiger partial charge on any atom is 0.233 e. The number of carbonyl (C=O) groups excluding carboxylic acids is 1. The third-order valence-electron chi connectivity index (χ3n) is 3.32. The van der Waals surface area contributed by atoms with Crippen molar-refractivity contribution in [2.45, 2.75) is 38.6 Å². The van der Waals surface area contributed by atoms with E-state index in [-0.39, 0.29) is 36.3 Å². The molecule has 0 spiro atoms. The lowest BCUT2D eigenvalue weighted by Crippen LogP contribution is -2.48. The number of benzene rings is 1. The minimum atomic E-state index is -0.0964. The Labute approximate surface area is 116 Å². The Morgan fingerprint density at radius 1 is 1.33 bits per heavy atom. The highest BCUT2D eigenvalue weighted by atomic mass is 35.5. The van der Waals surface area contributed by atoms with Crippen LogP contribution in [0.4, 0.5) is 0 Å². The van der Waals surface area contributed by atoms with Crippen molar-refractivity contribution in [3.8, 4) is 0 Å². The largest absolute Gasteiger partial charge is 0.351 e. The second kappa shape index (κ2) is 7.39. The number of nitrogens with two attached hydrogens (primary N) is 1. The molecule has 3 N–H and O–H groups in total. The van der Waals surface area contributed by atoms with Gasteiger partial charge in [0.2, 0.25) is 5.91 Å². The van der Waals surface area contributed by atoms with Crippen LogP contribution in [0.5, 0.6) is 0 Å². The van der Waals surface area contributed by atoms with Gasteiger partial charge in [0, 0.05) is 11.5 Å². The van der Waals surface area contributed by atoms with Crippen molar-refractivity contribution in [1.29, 1.82) is 0 Å². The Bertz CT molecular complexity index is 365. The average Bonchev–Trinajstić information content (AvgIpc) is 2.36. The summed E-state index contributed by atoms with van der Waals surface area (Å²) >= 11 is 0. The smallest absolute Gasteiger partial charge is 0.233 e. The first kappa shape index (κ1) is 16.9. The van der Waals surface area contributed by atoms with Crippen LogP contribution in [0, 0.1) is 0 Å². The fraction of sp³-hybridized carbons (Fsp3) is 0.500. The zero-order chi connectivity index (χ0) is 12.9. The molecule has 0 aliphatic rings. The van der Waals surface area contributed by atoms with E-state index < -0.39 is 0 Å². The summed E-state index contributed by atoms with van der Waals surface area (Å²) in [6, 6.07) is 10.3. The molecule has 1 rings (SSSR count). The molecule has 0 aliphatic carbocycles. The summed E-state index contributed by atoms with van der Waals surface area (Å²) in [6.07, 6.45) is 0.883. The first-order valence-electron chi connectivity index (χ1n) is 6.07. The minimum absolute atomic E-state index is 0. The fourth-order valence-electron chi connectivity index (χ4n) is 2.11. The molecular weight excluding hydrogens is 248 g/mol. The molecule has 18 heavy (non-hydrogen) atoms. The molecule has 0 saturated heterocycles. The van der Waals surface area contributed by atoms with Gasteiger partial charge in [0.05, 0.1) is 6.54 Å². The van der Waals surface area contributed by atoms with E-state index in [1.54, 1.807) is 0 Å². The Hall–Kier alpha value is -1.06. The topological polar surface area (TPSA) is 55.1 Å². The first-order valence-corrected chi connectivity index (χ1v) is 6.07. The van der Waals surface area contributed by atoms with Gasteiger partial charge in [0.1, 0.15) is 0 Å². The van der Waals surface area contributed by atoms with Crippen LogP contribution in [-0.4, -0.2) is 18.5 Å². The summed E-state index contributed by atoms with van der Waals surface area (Å²) in [5.74, 6) is -0.0964. The normalized spacial score (nSPS) is 12.4. The highest BCUT2D eigenvalue weighted by Gasteiger charge is 2.30. The molecule has 102 valence electrons. The second-order valence-corrected chi connectivity index (χ2v) is 4.82. The molecule has 1 aromatic rings. The highest BCUT2D eigenvalue weighted by molar-refractivity contribution is 5.85. The van der Waals surface area contributed by atoms with Gasteiger partial charge in [-0.05, 0) is 12.0 Å². The van der Waals surface area contributed by atoms with E-state index in [0.29, 0.717) is 0 Å². The van der Waals surface area contributed by atoms with Crippen LogP contribution in [0.15, 0.2) is 30.3 Å². The van der Waals surface area contributed by atoms with Gasteiger partial charge in [-0.3, -0.25) is 4.79 Å². The van der Waals surface area contributed by atoms with Crippen molar-refractivity contribution in [3.63, 3.8) is 0 Å². The van der Waals surface area contributed by atoms with Crippen LogP contribution in [0.3, 0.4) is 0 Å². The molecule has 1 unspecified atom stereocenters. The molecule has 0 aliphatic heterocycles. The SMILES string of the molecule is CCC(NC(=O)CN)C(C)(C)c1ccccc1.Cl. The van der Waals surface area contributed by atoms with Crippen molar-refractivity contribution in [1.82, 2.24) is 5.32 Å². The van der Waals surface area contributed by atoms with Crippen molar-refractivity contribution < 1.29 is 4.79 Å². The van der Waals surface area contributed by atoms with E-state index in [9.17, 15) is 4.79 Å². The summed E-state index contributed by atoms with van der Waals surface area (Å²) in [6.45, 7) is 6.41. The van der Waals surface area contributed by atoms with Crippen LogP contribution < -0.4 is 11.1 Å². The van der Waals surface area contributed by atoms with Gasteiger partial charge in [-0.2, -0.15) is 0 Å². The lowest BCUT2D eigenvalue weighted by molar-refractivity contribution is -0.120. The zero-order valence-corrected chi connectivity index (χ0v) is 12.1. The van der Waals surface area contributed by atoms with Gasteiger partial charge in [-0.25, -0.2) is 0 Å². The molecule has 3 nitrogen and oxygen atoms in total. The van der Waals surface area contributed by atoms with Gasteiger partial charge in [0.15, 0.2) is 0 Å². The first-order chi connectivity index (χ1) is 8.02. The maximum absolute atomic E-state index is 11.4. The summed E-state index contributed by atoms with van der Waals surface area (Å²) in [4.78, 5) is 11.4. The van der Waals surface area contributed by atoms with E-state index in [0.717, 1.165) is 6.42 Å². The van der Waals surface area contributed by atoms with Crippen LogP contribution in [-0.2, 0) is 10.2 Å². The fourth-order valence-corrected chi connectivity index (χ4v) is 2.11. The number of carbonyl (C=O) groups is 1. The molecule has 0 aromatic heterocycles. The van der Waals surface area contributed by atoms with Gasteiger partial charge in [-0.15, -0.1) is 12.4 Å². The third kappa shape index (κ3) is 4.00.